The van der Waals surface area contributed by atoms with Crippen LogP contribution < -0.4 is 17.3 Å². The van der Waals surface area contributed by atoms with E-state index in [4.69, 9.17) is 0 Å². The van der Waals surface area contributed by atoms with Gasteiger partial charge in [-0.1, -0.05) is 12.1 Å². The first-order valence-electron chi connectivity index (χ1n) is 10.5. The molecule has 1 N–H and O–H groups in total. The second kappa shape index (κ2) is 7.02. The van der Waals surface area contributed by atoms with E-state index >= 15 is 0 Å². The number of hydrogen-bond donors (Lipinski definition) is 1. The van der Waals surface area contributed by atoms with Crippen molar-refractivity contribution in [2.45, 2.75) is 31.8 Å². The van der Waals surface area contributed by atoms with Gasteiger partial charge in [-0.25, -0.2) is 14.4 Å². The fourth-order valence-electron chi connectivity index (χ4n) is 6.00. The van der Waals surface area contributed by atoms with E-state index in [0.717, 1.165) is 40.8 Å². The van der Waals surface area contributed by atoms with Crippen molar-refractivity contribution in [2.75, 3.05) is 39.3 Å². The van der Waals surface area contributed by atoms with E-state index in [1.54, 1.807) is 6.07 Å². The lowest BCUT2D eigenvalue weighted by molar-refractivity contribution is -0.904. The van der Waals surface area contributed by atoms with E-state index in [-0.39, 0.29) is 30.8 Å². The topological polar surface area (TPSA) is 74.7 Å². The van der Waals surface area contributed by atoms with Crippen LogP contribution in [0.4, 0.5) is 5.69 Å². The molecule has 1 saturated heterocycles. The van der Waals surface area contributed by atoms with E-state index in [1.165, 1.54) is 0 Å². The van der Waals surface area contributed by atoms with Crippen molar-refractivity contribution in [3.05, 3.63) is 41.0 Å². The van der Waals surface area contributed by atoms with Crippen molar-refractivity contribution in [3.63, 3.8) is 0 Å². The summed E-state index contributed by atoms with van der Waals surface area (Å²) < 4.78 is 0.160. The Morgan fingerprint density at radius 2 is 1.84 bits per heavy atom. The van der Waals surface area contributed by atoms with Gasteiger partial charge in [-0.15, -0.1) is 0 Å². The minimum Gasteiger partial charge on any atom is -1.00 e. The average molecular weight is 445 g/mol. The third-order valence-electron chi connectivity index (χ3n) is 7.03. The van der Waals surface area contributed by atoms with E-state index < -0.39 is 16.5 Å². The van der Waals surface area contributed by atoms with E-state index in [2.05, 4.69) is 19.0 Å². The number of amides is 2. The Labute approximate surface area is 187 Å². The molecule has 2 amide bonds. The van der Waals surface area contributed by atoms with Crippen LogP contribution >= 0.6 is 0 Å². The predicted molar refractivity (Wildman–Crippen MR) is 112 cm³/mol. The number of piperidine rings is 1. The third kappa shape index (κ3) is 2.83. The van der Waals surface area contributed by atoms with Crippen LogP contribution in [0.15, 0.2) is 24.3 Å². The number of carbonyl (C=O) groups is 3. The van der Waals surface area contributed by atoms with Gasteiger partial charge in [0, 0.05) is 29.8 Å². The molecule has 0 aliphatic carbocycles. The quantitative estimate of drug-likeness (QED) is 0.477. The lowest BCUT2D eigenvalue weighted by Gasteiger charge is -2.44. The minimum absolute atomic E-state index is 0. The van der Waals surface area contributed by atoms with Crippen molar-refractivity contribution in [3.8, 4) is 0 Å². The molecule has 7 nitrogen and oxygen atoms in total. The second-order valence-electron chi connectivity index (χ2n) is 9.65. The number of fused-ring (bicyclic) bond motifs is 2. The number of benzene rings is 2. The van der Waals surface area contributed by atoms with Crippen LogP contribution in [0, 0.1) is 0 Å². The van der Waals surface area contributed by atoms with E-state index in [0.29, 0.717) is 29.4 Å². The van der Waals surface area contributed by atoms with Crippen LogP contribution in [0.25, 0.3) is 10.8 Å². The molecule has 2 aromatic rings. The molecule has 2 aromatic carbocycles. The maximum atomic E-state index is 13.9. The zero-order valence-corrected chi connectivity index (χ0v) is 18.8. The summed E-state index contributed by atoms with van der Waals surface area (Å²) in [5, 5.41) is 11.5. The standard InChI is InChI=1S/C23H26N3O4.ClH/c1-24-13-25(2,3)12-14-11-17-19-15(20(14)24)7-6-8-16(19)21(27)26(22(17)28)10-5-4-9-18(26)23(29)30;/h6-8,11,18H,4-5,9-10,12-13H2,1-3H3;1H/q+1;. The van der Waals surface area contributed by atoms with Gasteiger partial charge >= 0.3 is 17.8 Å². The molecule has 0 radical (unpaired) electrons. The lowest BCUT2D eigenvalue weighted by Crippen LogP contribution is -3.00. The van der Waals surface area contributed by atoms with Crippen LogP contribution in [-0.2, 0) is 11.3 Å². The number of carbonyl (C=O) groups excluding carboxylic acids is 2. The van der Waals surface area contributed by atoms with Gasteiger partial charge in [0.25, 0.3) is 0 Å². The normalized spacial score (nSPS) is 26.5. The van der Waals surface area contributed by atoms with Gasteiger partial charge in [0.2, 0.25) is 6.04 Å². The molecule has 2 unspecified atom stereocenters. The number of aliphatic carboxylic acids is 1. The molecule has 3 aliphatic heterocycles. The molecular weight excluding hydrogens is 418 g/mol. The zero-order chi connectivity index (χ0) is 21.4. The van der Waals surface area contributed by atoms with Gasteiger partial charge < -0.3 is 26.9 Å². The zero-order valence-electron chi connectivity index (χ0n) is 18.0. The smallest absolute Gasteiger partial charge is 0.363 e. The number of quaternary nitrogens is 2. The summed E-state index contributed by atoms with van der Waals surface area (Å²) in [5.41, 5.74) is 3.11. The fourth-order valence-corrected chi connectivity index (χ4v) is 6.00. The van der Waals surface area contributed by atoms with Crippen molar-refractivity contribution in [2.24, 2.45) is 0 Å². The number of rotatable bonds is 1. The summed E-state index contributed by atoms with van der Waals surface area (Å²) >= 11 is 0. The Bertz CT molecular complexity index is 1150. The molecule has 1 fully saturated rings. The average Bonchev–Trinajstić information content (AvgIpc) is 2.69. The van der Waals surface area contributed by atoms with Crippen molar-refractivity contribution in [1.29, 1.82) is 0 Å². The summed E-state index contributed by atoms with van der Waals surface area (Å²) in [7, 11) is 6.34. The Kier molecular flexibility index (Phi) is 4.92. The SMILES string of the molecule is CN1C[N+](C)(C)Cc2cc3c4c(cccc4c21)C(=O)[N+]1(CCCCC1C(=O)O)C3=O.[Cl-]. The molecule has 0 saturated carbocycles. The molecular formula is C23H27ClN3O4+. The maximum Gasteiger partial charge on any atom is 0.363 e. The van der Waals surface area contributed by atoms with Crippen LogP contribution in [0.2, 0.25) is 0 Å². The number of anilines is 1. The van der Waals surface area contributed by atoms with Gasteiger partial charge in [0.05, 0.1) is 37.5 Å². The number of carboxylic acid groups (broad SMARTS) is 1. The molecule has 5 rings (SSSR count). The van der Waals surface area contributed by atoms with Crippen molar-refractivity contribution >= 4 is 34.2 Å². The molecule has 31 heavy (non-hydrogen) atoms. The number of imide groups is 1. The first-order chi connectivity index (χ1) is 14.2. The number of nitrogens with zero attached hydrogens (tertiary/aromatic N) is 3. The molecule has 2 atom stereocenters. The predicted octanol–water partition coefficient (Wildman–Crippen LogP) is -0.425. The minimum atomic E-state index is -1.07. The second-order valence-corrected chi connectivity index (χ2v) is 9.65. The molecule has 8 heteroatoms. The maximum absolute atomic E-state index is 13.9. The van der Waals surface area contributed by atoms with Gasteiger partial charge in [0.1, 0.15) is 6.54 Å². The Morgan fingerprint density at radius 3 is 2.55 bits per heavy atom. The summed E-state index contributed by atoms with van der Waals surface area (Å²) in [4.78, 5) is 41.9. The monoisotopic (exact) mass is 444 g/mol. The highest BCUT2D eigenvalue weighted by Crippen LogP contribution is 2.45. The molecule has 3 aliphatic rings. The van der Waals surface area contributed by atoms with Crippen molar-refractivity contribution in [1.82, 2.24) is 0 Å². The summed E-state index contributed by atoms with van der Waals surface area (Å²) in [6, 6.07) is 6.49. The van der Waals surface area contributed by atoms with Crippen LogP contribution in [0.5, 0.6) is 0 Å². The lowest BCUT2D eigenvalue weighted by atomic mass is 9.85. The molecule has 0 aromatic heterocycles. The summed E-state index contributed by atoms with van der Waals surface area (Å²) in [6.45, 7) is 1.86. The molecule has 0 bridgehead atoms. The van der Waals surface area contributed by atoms with Crippen LogP contribution in [0.3, 0.4) is 0 Å². The highest BCUT2D eigenvalue weighted by atomic mass is 35.5. The number of halogens is 1. The highest BCUT2D eigenvalue weighted by molar-refractivity contribution is 6.23. The fraction of sp³-hybridized carbons (Fsp3) is 0.435. The number of hydrogen-bond acceptors (Lipinski definition) is 4. The Hall–Kier alpha value is -2.48. The molecule has 1 spiro atoms. The first kappa shape index (κ1) is 21.7. The van der Waals surface area contributed by atoms with Gasteiger partial charge in [-0.2, -0.15) is 4.48 Å². The summed E-state index contributed by atoms with van der Waals surface area (Å²) in [5.74, 6) is -1.78. The van der Waals surface area contributed by atoms with Gasteiger partial charge in [-0.05, 0) is 25.0 Å². The molecule has 164 valence electrons. The Balaban J connectivity index is 0.00000231. The number of carboxylic acids is 1. The van der Waals surface area contributed by atoms with Gasteiger partial charge in [-0.3, -0.25) is 0 Å². The largest absolute Gasteiger partial charge is 1.00 e. The Morgan fingerprint density at radius 1 is 1.13 bits per heavy atom. The summed E-state index contributed by atoms with van der Waals surface area (Å²) in [6.07, 6.45) is 1.73. The van der Waals surface area contributed by atoms with Crippen molar-refractivity contribution < 1.29 is 40.9 Å². The van der Waals surface area contributed by atoms with E-state index in [1.807, 2.05) is 25.2 Å². The highest BCUT2D eigenvalue weighted by Gasteiger charge is 2.59. The molecule has 3 heterocycles. The van der Waals surface area contributed by atoms with Crippen LogP contribution in [0.1, 0.15) is 45.5 Å². The third-order valence-corrected chi connectivity index (χ3v) is 7.03. The first-order valence-corrected chi connectivity index (χ1v) is 10.5. The van der Waals surface area contributed by atoms with Crippen LogP contribution in [-0.4, -0.2) is 72.3 Å². The van der Waals surface area contributed by atoms with E-state index in [9.17, 15) is 19.5 Å². The van der Waals surface area contributed by atoms with Gasteiger partial charge in [0.15, 0.2) is 6.67 Å².